The lowest BCUT2D eigenvalue weighted by Crippen LogP contribution is -2.56. The summed E-state index contributed by atoms with van der Waals surface area (Å²) in [6.07, 6.45) is 1.80. The van der Waals surface area contributed by atoms with Gasteiger partial charge in [0.05, 0.1) is 18.0 Å². The molecule has 6 heteroatoms. The van der Waals surface area contributed by atoms with Crippen LogP contribution in [-0.4, -0.2) is 35.0 Å². The molecule has 1 amide bonds. The van der Waals surface area contributed by atoms with Crippen LogP contribution in [0.25, 0.3) is 0 Å². The van der Waals surface area contributed by atoms with Crippen LogP contribution in [0.2, 0.25) is 0 Å². The van der Waals surface area contributed by atoms with Crippen LogP contribution in [0.1, 0.15) is 9.67 Å². The van der Waals surface area contributed by atoms with Crippen molar-refractivity contribution in [3.8, 4) is 5.19 Å². The Labute approximate surface area is 106 Å². The lowest BCUT2D eigenvalue weighted by Gasteiger charge is -2.37. The molecule has 0 atom stereocenters. The summed E-state index contributed by atoms with van der Waals surface area (Å²) in [5.41, 5.74) is 0. The largest absolute Gasteiger partial charge is 0.463 e. The number of hydrogen-bond acceptors (Lipinski definition) is 5. The highest BCUT2D eigenvalue weighted by molar-refractivity contribution is 7.12. The molecular weight excluding hydrogens is 256 g/mol. The third-order valence-corrected chi connectivity index (χ3v) is 4.06. The van der Waals surface area contributed by atoms with E-state index in [1.807, 2.05) is 22.9 Å². The van der Waals surface area contributed by atoms with Gasteiger partial charge in [-0.25, -0.2) is 4.98 Å². The second-order valence-electron chi connectivity index (χ2n) is 3.73. The molecule has 0 unspecified atom stereocenters. The van der Waals surface area contributed by atoms with E-state index < -0.39 is 0 Å². The van der Waals surface area contributed by atoms with Crippen molar-refractivity contribution in [1.29, 1.82) is 0 Å². The van der Waals surface area contributed by atoms with Crippen LogP contribution in [0.3, 0.4) is 0 Å². The number of amides is 1. The van der Waals surface area contributed by atoms with Gasteiger partial charge >= 0.3 is 0 Å². The Bertz CT molecular complexity index is 490. The van der Waals surface area contributed by atoms with Gasteiger partial charge in [0.15, 0.2) is 0 Å². The second kappa shape index (κ2) is 4.46. The second-order valence-corrected chi connectivity index (χ2v) is 5.53. The van der Waals surface area contributed by atoms with E-state index in [2.05, 4.69) is 4.98 Å². The Hall–Kier alpha value is -1.40. The van der Waals surface area contributed by atoms with Crippen molar-refractivity contribution in [1.82, 2.24) is 9.88 Å². The molecule has 0 aliphatic carbocycles. The highest BCUT2D eigenvalue weighted by Crippen LogP contribution is 2.22. The van der Waals surface area contributed by atoms with Gasteiger partial charge in [0.2, 0.25) is 0 Å². The highest BCUT2D eigenvalue weighted by atomic mass is 32.1. The van der Waals surface area contributed by atoms with Crippen LogP contribution in [0, 0.1) is 0 Å². The quantitative estimate of drug-likeness (QED) is 0.854. The molecule has 2 aromatic rings. The first-order chi connectivity index (χ1) is 8.33. The normalized spacial score (nSPS) is 15.6. The van der Waals surface area contributed by atoms with Gasteiger partial charge in [0.1, 0.15) is 6.10 Å². The molecule has 3 rings (SSSR count). The number of aromatic nitrogens is 1. The van der Waals surface area contributed by atoms with Gasteiger partial charge in [-0.15, -0.1) is 11.3 Å². The zero-order valence-corrected chi connectivity index (χ0v) is 10.5. The number of nitrogens with zero attached hydrogens (tertiary/aromatic N) is 2. The lowest BCUT2D eigenvalue weighted by atomic mass is 10.1. The molecule has 2 aromatic heterocycles. The number of carbonyl (C=O) groups excluding carboxylic acids is 1. The molecule has 0 aromatic carbocycles. The number of carbonyl (C=O) groups is 1. The molecule has 0 radical (unpaired) electrons. The highest BCUT2D eigenvalue weighted by Gasteiger charge is 2.33. The molecular formula is C11H10N2O2S2. The van der Waals surface area contributed by atoms with E-state index in [1.165, 1.54) is 22.7 Å². The molecule has 0 N–H and O–H groups in total. The maximum Gasteiger partial charge on any atom is 0.273 e. The molecule has 1 aliphatic rings. The monoisotopic (exact) mass is 266 g/mol. The van der Waals surface area contributed by atoms with Crippen molar-refractivity contribution in [2.24, 2.45) is 0 Å². The third-order valence-electron chi connectivity index (χ3n) is 2.54. The van der Waals surface area contributed by atoms with E-state index in [0.717, 1.165) is 4.88 Å². The van der Waals surface area contributed by atoms with E-state index in [1.54, 1.807) is 11.1 Å². The summed E-state index contributed by atoms with van der Waals surface area (Å²) < 4.78 is 5.60. The molecule has 3 heterocycles. The topological polar surface area (TPSA) is 42.4 Å². The van der Waals surface area contributed by atoms with Gasteiger partial charge in [0, 0.05) is 11.6 Å². The molecule has 0 spiro atoms. The Morgan fingerprint density at radius 3 is 2.94 bits per heavy atom. The van der Waals surface area contributed by atoms with E-state index in [9.17, 15) is 4.79 Å². The van der Waals surface area contributed by atoms with Crippen molar-refractivity contribution in [3.05, 3.63) is 34.0 Å². The van der Waals surface area contributed by atoms with Gasteiger partial charge in [-0.1, -0.05) is 17.4 Å². The van der Waals surface area contributed by atoms with Crippen molar-refractivity contribution in [3.63, 3.8) is 0 Å². The molecule has 0 bridgehead atoms. The smallest absolute Gasteiger partial charge is 0.273 e. The minimum atomic E-state index is 0.0880. The Morgan fingerprint density at radius 2 is 2.29 bits per heavy atom. The fourth-order valence-corrected chi connectivity index (χ4v) is 2.89. The minimum absolute atomic E-state index is 0.0880. The number of hydrogen-bond donors (Lipinski definition) is 0. The molecule has 4 nitrogen and oxygen atoms in total. The molecule has 0 saturated carbocycles. The average molecular weight is 266 g/mol. The first-order valence-electron chi connectivity index (χ1n) is 5.22. The average Bonchev–Trinajstić information content (AvgIpc) is 2.94. The summed E-state index contributed by atoms with van der Waals surface area (Å²) in [6, 6.07) is 3.74. The predicted octanol–water partition coefficient (Wildman–Crippen LogP) is 2.11. The molecule has 17 heavy (non-hydrogen) atoms. The van der Waals surface area contributed by atoms with Crippen molar-refractivity contribution >= 4 is 28.6 Å². The van der Waals surface area contributed by atoms with Gasteiger partial charge < -0.3 is 9.64 Å². The zero-order valence-electron chi connectivity index (χ0n) is 8.91. The maximum atomic E-state index is 11.9. The summed E-state index contributed by atoms with van der Waals surface area (Å²) in [5.74, 6) is 0.0963. The van der Waals surface area contributed by atoms with E-state index >= 15 is 0 Å². The first-order valence-corrected chi connectivity index (χ1v) is 6.98. The Balaban J connectivity index is 1.53. The van der Waals surface area contributed by atoms with Crippen LogP contribution in [0.4, 0.5) is 0 Å². The Morgan fingerprint density at radius 1 is 1.41 bits per heavy atom. The SMILES string of the molecule is O=C(c1cccs1)N1CC(Oc2nccs2)C1. The summed E-state index contributed by atoms with van der Waals surface area (Å²) in [7, 11) is 0. The molecule has 1 aliphatic heterocycles. The zero-order chi connectivity index (χ0) is 11.7. The van der Waals surface area contributed by atoms with Crippen LogP contribution in [0.15, 0.2) is 29.1 Å². The maximum absolute atomic E-state index is 11.9. The summed E-state index contributed by atoms with van der Waals surface area (Å²) in [6.45, 7) is 1.30. The summed E-state index contributed by atoms with van der Waals surface area (Å²) >= 11 is 2.95. The van der Waals surface area contributed by atoms with E-state index in [4.69, 9.17) is 4.74 Å². The number of rotatable bonds is 3. The van der Waals surface area contributed by atoms with Crippen molar-refractivity contribution < 1.29 is 9.53 Å². The number of likely N-dealkylation sites (tertiary alicyclic amines) is 1. The fourth-order valence-electron chi connectivity index (χ4n) is 1.65. The van der Waals surface area contributed by atoms with Gasteiger partial charge in [-0.05, 0) is 11.4 Å². The number of ether oxygens (including phenoxy) is 1. The van der Waals surface area contributed by atoms with Crippen LogP contribution in [0.5, 0.6) is 5.19 Å². The number of thiophene rings is 1. The van der Waals surface area contributed by atoms with Crippen LogP contribution < -0.4 is 4.74 Å². The Kier molecular flexibility index (Phi) is 2.82. The summed E-state index contributed by atoms with van der Waals surface area (Å²) in [5, 5.41) is 4.47. The molecule has 1 saturated heterocycles. The van der Waals surface area contributed by atoms with Crippen LogP contribution >= 0.6 is 22.7 Å². The fraction of sp³-hybridized carbons (Fsp3) is 0.273. The van der Waals surface area contributed by atoms with Crippen LogP contribution in [-0.2, 0) is 0 Å². The van der Waals surface area contributed by atoms with E-state index in [0.29, 0.717) is 18.3 Å². The molecule has 1 fully saturated rings. The lowest BCUT2D eigenvalue weighted by molar-refractivity contribution is 0.0181. The predicted molar refractivity (Wildman–Crippen MR) is 66.8 cm³/mol. The first kappa shape index (κ1) is 10.7. The number of thiazole rings is 1. The standard InChI is InChI=1S/C11H10N2O2S2/c14-10(9-2-1-4-16-9)13-6-8(7-13)15-11-12-3-5-17-11/h1-5,8H,6-7H2. The third kappa shape index (κ3) is 2.18. The van der Waals surface area contributed by atoms with Gasteiger partial charge in [0.25, 0.3) is 11.1 Å². The molecule has 88 valence electrons. The van der Waals surface area contributed by atoms with E-state index in [-0.39, 0.29) is 12.0 Å². The minimum Gasteiger partial charge on any atom is -0.463 e. The van der Waals surface area contributed by atoms with Crippen molar-refractivity contribution in [2.45, 2.75) is 6.10 Å². The van der Waals surface area contributed by atoms with Gasteiger partial charge in [-0.3, -0.25) is 4.79 Å². The van der Waals surface area contributed by atoms with Gasteiger partial charge in [-0.2, -0.15) is 0 Å². The van der Waals surface area contributed by atoms with Crippen molar-refractivity contribution in [2.75, 3.05) is 13.1 Å². The summed E-state index contributed by atoms with van der Waals surface area (Å²) in [4.78, 5) is 18.5.